The molecule has 5 nitrogen and oxygen atoms in total. The van der Waals surface area contributed by atoms with Crippen LogP contribution in [0.4, 0.5) is 0 Å². The van der Waals surface area contributed by atoms with E-state index in [2.05, 4.69) is 51.3 Å². The fourth-order valence-corrected chi connectivity index (χ4v) is 3.92. The highest BCUT2D eigenvalue weighted by Crippen LogP contribution is 2.18. The number of guanidine groups is 1. The Morgan fingerprint density at radius 2 is 1.85 bits per heavy atom. The standard InChI is InChI=1S/C21H34N4O.HI/c1-3-18-4-6-19(7-5-18)8-10-23-21(22-2)25-11-9-20(17-25)16-24-12-14-26-15-13-24;/h4-7,20H,3,8-17H2,1-2H3,(H,22,23);1H. The number of morpholine rings is 1. The fraction of sp³-hybridized carbons (Fsp3) is 0.667. The Kier molecular flexibility index (Phi) is 9.86. The van der Waals surface area contributed by atoms with E-state index < -0.39 is 0 Å². The highest BCUT2D eigenvalue weighted by atomic mass is 127. The van der Waals surface area contributed by atoms with Gasteiger partial charge in [0.2, 0.25) is 0 Å². The molecule has 152 valence electrons. The highest BCUT2D eigenvalue weighted by Gasteiger charge is 2.26. The molecule has 0 bridgehead atoms. The zero-order valence-corrected chi connectivity index (χ0v) is 19.2. The number of rotatable bonds is 6. The van der Waals surface area contributed by atoms with E-state index >= 15 is 0 Å². The van der Waals surface area contributed by atoms with Gasteiger partial charge in [0.25, 0.3) is 0 Å². The zero-order chi connectivity index (χ0) is 18.2. The molecule has 1 aromatic carbocycles. The predicted octanol–water partition coefficient (Wildman–Crippen LogP) is 2.64. The van der Waals surface area contributed by atoms with Crippen molar-refractivity contribution in [3.8, 4) is 0 Å². The summed E-state index contributed by atoms with van der Waals surface area (Å²) in [5, 5.41) is 3.55. The molecule has 0 spiro atoms. The third-order valence-corrected chi connectivity index (χ3v) is 5.55. The number of ether oxygens (including phenoxy) is 1. The topological polar surface area (TPSA) is 40.1 Å². The second-order valence-corrected chi connectivity index (χ2v) is 7.41. The van der Waals surface area contributed by atoms with E-state index in [0.29, 0.717) is 0 Å². The van der Waals surface area contributed by atoms with Crippen molar-refractivity contribution in [1.29, 1.82) is 0 Å². The zero-order valence-electron chi connectivity index (χ0n) is 16.8. The van der Waals surface area contributed by atoms with Gasteiger partial charge in [0.15, 0.2) is 5.96 Å². The van der Waals surface area contributed by atoms with E-state index in [1.807, 2.05) is 7.05 Å². The third kappa shape index (κ3) is 6.91. The van der Waals surface area contributed by atoms with Gasteiger partial charge >= 0.3 is 0 Å². The molecule has 2 aliphatic heterocycles. The van der Waals surface area contributed by atoms with Gasteiger partial charge in [-0.15, -0.1) is 24.0 Å². The van der Waals surface area contributed by atoms with Gasteiger partial charge in [-0.05, 0) is 36.3 Å². The number of likely N-dealkylation sites (tertiary alicyclic amines) is 1. The molecule has 1 aromatic rings. The minimum Gasteiger partial charge on any atom is -0.379 e. The van der Waals surface area contributed by atoms with Gasteiger partial charge in [-0.25, -0.2) is 0 Å². The molecule has 0 radical (unpaired) electrons. The molecule has 27 heavy (non-hydrogen) atoms. The van der Waals surface area contributed by atoms with Crippen molar-refractivity contribution in [2.45, 2.75) is 26.2 Å². The Morgan fingerprint density at radius 3 is 2.52 bits per heavy atom. The van der Waals surface area contributed by atoms with Gasteiger partial charge in [-0.2, -0.15) is 0 Å². The number of nitrogens with one attached hydrogen (secondary N) is 1. The molecule has 1 N–H and O–H groups in total. The van der Waals surface area contributed by atoms with E-state index in [-0.39, 0.29) is 24.0 Å². The second-order valence-electron chi connectivity index (χ2n) is 7.41. The largest absolute Gasteiger partial charge is 0.379 e. The summed E-state index contributed by atoms with van der Waals surface area (Å²) in [6.07, 6.45) is 3.40. The Balaban J connectivity index is 0.00000261. The lowest BCUT2D eigenvalue weighted by molar-refractivity contribution is 0.0315. The van der Waals surface area contributed by atoms with Crippen LogP contribution in [-0.2, 0) is 17.6 Å². The third-order valence-electron chi connectivity index (χ3n) is 5.55. The molecule has 2 heterocycles. The lowest BCUT2D eigenvalue weighted by Gasteiger charge is -2.29. The summed E-state index contributed by atoms with van der Waals surface area (Å²) in [6, 6.07) is 8.97. The summed E-state index contributed by atoms with van der Waals surface area (Å²) in [5.74, 6) is 1.80. The molecular weight excluding hydrogens is 451 g/mol. The highest BCUT2D eigenvalue weighted by molar-refractivity contribution is 14.0. The average molecular weight is 486 g/mol. The SMILES string of the molecule is CCc1ccc(CCNC(=NC)N2CCC(CN3CCOCC3)C2)cc1.I. The van der Waals surface area contributed by atoms with E-state index in [0.717, 1.165) is 70.7 Å². The van der Waals surface area contributed by atoms with Gasteiger partial charge < -0.3 is 15.0 Å². The monoisotopic (exact) mass is 486 g/mol. The summed E-state index contributed by atoms with van der Waals surface area (Å²) < 4.78 is 5.45. The van der Waals surface area contributed by atoms with Crippen LogP contribution in [0.15, 0.2) is 29.3 Å². The second kappa shape index (κ2) is 11.9. The number of hydrogen-bond donors (Lipinski definition) is 1. The van der Waals surface area contributed by atoms with Gasteiger partial charge in [-0.3, -0.25) is 9.89 Å². The van der Waals surface area contributed by atoms with E-state index in [1.165, 1.54) is 24.1 Å². The number of hydrogen-bond acceptors (Lipinski definition) is 3. The first-order valence-corrected chi connectivity index (χ1v) is 10.1. The quantitative estimate of drug-likeness (QED) is 0.382. The minimum atomic E-state index is 0. The van der Waals surface area contributed by atoms with Crippen LogP contribution >= 0.6 is 24.0 Å². The maximum Gasteiger partial charge on any atom is 0.193 e. The molecule has 0 aliphatic carbocycles. The molecule has 0 aromatic heterocycles. The maximum absolute atomic E-state index is 5.45. The summed E-state index contributed by atoms with van der Waals surface area (Å²) in [7, 11) is 1.90. The molecule has 2 saturated heterocycles. The summed E-state index contributed by atoms with van der Waals surface area (Å²) in [4.78, 5) is 9.48. The Hall–Kier alpha value is -0.860. The summed E-state index contributed by atoms with van der Waals surface area (Å²) >= 11 is 0. The molecule has 2 aliphatic rings. The van der Waals surface area contributed by atoms with Crippen molar-refractivity contribution in [2.24, 2.45) is 10.9 Å². The van der Waals surface area contributed by atoms with Crippen molar-refractivity contribution in [3.05, 3.63) is 35.4 Å². The van der Waals surface area contributed by atoms with Crippen LogP contribution in [-0.4, -0.2) is 75.3 Å². The normalized spacial score (nSPS) is 21.2. The number of aryl methyl sites for hydroxylation is 1. The van der Waals surface area contributed by atoms with E-state index in [9.17, 15) is 0 Å². The number of nitrogens with zero attached hydrogens (tertiary/aromatic N) is 3. The maximum atomic E-state index is 5.45. The smallest absolute Gasteiger partial charge is 0.193 e. The van der Waals surface area contributed by atoms with E-state index in [4.69, 9.17) is 4.74 Å². The molecular formula is C21H35IN4O. The molecule has 0 amide bonds. The minimum absolute atomic E-state index is 0. The van der Waals surface area contributed by atoms with Gasteiger partial charge in [0, 0.05) is 46.3 Å². The molecule has 0 saturated carbocycles. The van der Waals surface area contributed by atoms with E-state index in [1.54, 1.807) is 0 Å². The van der Waals surface area contributed by atoms with Crippen LogP contribution in [0.5, 0.6) is 0 Å². The van der Waals surface area contributed by atoms with Crippen molar-refractivity contribution in [3.63, 3.8) is 0 Å². The first kappa shape index (κ1) is 22.4. The Bertz CT molecular complexity index is 572. The Morgan fingerprint density at radius 1 is 1.15 bits per heavy atom. The summed E-state index contributed by atoms with van der Waals surface area (Å²) in [5.41, 5.74) is 2.79. The van der Waals surface area contributed by atoms with Crippen LogP contribution in [0.1, 0.15) is 24.5 Å². The first-order valence-electron chi connectivity index (χ1n) is 10.1. The average Bonchev–Trinajstić information content (AvgIpc) is 3.15. The van der Waals surface area contributed by atoms with Gasteiger partial charge in [0.1, 0.15) is 0 Å². The fourth-order valence-electron chi connectivity index (χ4n) is 3.92. The molecule has 1 atom stereocenters. The van der Waals surface area contributed by atoms with Crippen LogP contribution in [0.2, 0.25) is 0 Å². The van der Waals surface area contributed by atoms with Gasteiger partial charge in [-0.1, -0.05) is 31.2 Å². The summed E-state index contributed by atoms with van der Waals surface area (Å²) in [6.45, 7) is 10.5. The van der Waals surface area contributed by atoms with Crippen LogP contribution in [0.3, 0.4) is 0 Å². The van der Waals surface area contributed by atoms with Gasteiger partial charge in [0.05, 0.1) is 13.2 Å². The van der Waals surface area contributed by atoms with Crippen molar-refractivity contribution in [2.75, 3.05) is 59.5 Å². The lowest BCUT2D eigenvalue weighted by atomic mass is 10.1. The van der Waals surface area contributed by atoms with Crippen LogP contribution in [0, 0.1) is 5.92 Å². The first-order chi connectivity index (χ1) is 12.8. The molecule has 2 fully saturated rings. The van der Waals surface area contributed by atoms with Crippen LogP contribution < -0.4 is 5.32 Å². The van der Waals surface area contributed by atoms with Crippen molar-refractivity contribution >= 4 is 29.9 Å². The number of benzene rings is 1. The molecule has 6 heteroatoms. The van der Waals surface area contributed by atoms with Crippen molar-refractivity contribution < 1.29 is 4.74 Å². The van der Waals surface area contributed by atoms with Crippen molar-refractivity contribution in [1.82, 2.24) is 15.1 Å². The number of halogens is 1. The lowest BCUT2D eigenvalue weighted by Crippen LogP contribution is -2.42. The van der Waals surface area contributed by atoms with Crippen LogP contribution in [0.25, 0.3) is 0 Å². The number of aliphatic imine (C=N–C) groups is 1. The molecule has 1 unspecified atom stereocenters. The predicted molar refractivity (Wildman–Crippen MR) is 123 cm³/mol. The Labute approximate surface area is 181 Å². The molecule has 3 rings (SSSR count).